The van der Waals surface area contributed by atoms with Crippen molar-refractivity contribution in [1.82, 2.24) is 14.9 Å². The third-order valence-electron chi connectivity index (χ3n) is 4.59. The maximum atomic E-state index is 13.0. The molecule has 0 unspecified atom stereocenters. The van der Waals surface area contributed by atoms with Crippen LogP contribution >= 0.6 is 11.6 Å². The highest BCUT2D eigenvalue weighted by molar-refractivity contribution is 6.30. The van der Waals surface area contributed by atoms with Crippen LogP contribution < -0.4 is 5.32 Å². The molecule has 1 aromatic carbocycles. The van der Waals surface area contributed by atoms with Crippen LogP contribution in [0, 0.1) is 6.92 Å². The van der Waals surface area contributed by atoms with Crippen molar-refractivity contribution in [3.8, 4) is 0 Å². The van der Waals surface area contributed by atoms with Crippen molar-refractivity contribution in [1.29, 1.82) is 0 Å². The summed E-state index contributed by atoms with van der Waals surface area (Å²) in [7, 11) is 0. The molecule has 26 heavy (non-hydrogen) atoms. The Kier molecular flexibility index (Phi) is 4.47. The molecule has 1 saturated heterocycles. The summed E-state index contributed by atoms with van der Waals surface area (Å²) in [6.07, 6.45) is 3.72. The summed E-state index contributed by atoms with van der Waals surface area (Å²) in [4.78, 5) is 23.8. The zero-order valence-corrected chi connectivity index (χ0v) is 15.3. The third kappa shape index (κ3) is 3.22. The van der Waals surface area contributed by atoms with E-state index in [0.29, 0.717) is 16.2 Å². The van der Waals surface area contributed by atoms with Crippen LogP contribution in [0.3, 0.4) is 0 Å². The number of hydrogen-bond donors (Lipinski definition) is 1. The zero-order valence-electron chi connectivity index (χ0n) is 14.5. The predicted octanol–water partition coefficient (Wildman–Crippen LogP) is 4.57. The van der Waals surface area contributed by atoms with Crippen LogP contribution in [0.1, 0.15) is 28.9 Å². The highest BCUT2D eigenvalue weighted by atomic mass is 35.5. The van der Waals surface area contributed by atoms with E-state index in [9.17, 15) is 4.79 Å². The number of fused-ring (bicyclic) bond motifs is 1. The van der Waals surface area contributed by atoms with Gasteiger partial charge in [-0.15, -0.1) is 0 Å². The minimum atomic E-state index is 0.00185. The first-order chi connectivity index (χ1) is 12.6. The summed E-state index contributed by atoms with van der Waals surface area (Å²) in [5.74, 6) is 0.00185. The minimum absolute atomic E-state index is 0.00185. The first kappa shape index (κ1) is 16.8. The Balaban J connectivity index is 1.84. The number of carbonyl (C=O) groups is 1. The monoisotopic (exact) mass is 366 g/mol. The minimum Gasteiger partial charge on any atom is -0.354 e. The lowest BCUT2D eigenvalue weighted by Gasteiger charge is -2.19. The van der Waals surface area contributed by atoms with Crippen molar-refractivity contribution in [3.63, 3.8) is 0 Å². The number of anilines is 2. The maximum absolute atomic E-state index is 13.0. The summed E-state index contributed by atoms with van der Waals surface area (Å²) in [6.45, 7) is 3.51. The van der Waals surface area contributed by atoms with E-state index in [0.717, 1.165) is 48.4 Å². The molecule has 4 rings (SSSR count). The lowest BCUT2D eigenvalue weighted by molar-refractivity contribution is 0.0793. The van der Waals surface area contributed by atoms with Gasteiger partial charge in [-0.25, -0.2) is 9.97 Å². The topological polar surface area (TPSA) is 58.1 Å². The Labute approximate surface area is 157 Å². The zero-order chi connectivity index (χ0) is 18.1. The number of nitrogens with one attached hydrogen (secondary N) is 1. The standard InChI is InChI=1S/C20H19ClN4O/c1-13-7-8-16-18(24-15-6-4-5-14(21)11-15)17(12-22-19(16)23-13)20(26)25-9-2-3-10-25/h4-8,11-12H,2-3,9-10H2,1H3,(H,22,23,24). The number of rotatable bonds is 3. The average Bonchev–Trinajstić information content (AvgIpc) is 3.16. The van der Waals surface area contributed by atoms with Crippen molar-refractivity contribution in [2.75, 3.05) is 18.4 Å². The van der Waals surface area contributed by atoms with Gasteiger partial charge < -0.3 is 10.2 Å². The van der Waals surface area contributed by atoms with Crippen molar-refractivity contribution in [2.45, 2.75) is 19.8 Å². The summed E-state index contributed by atoms with van der Waals surface area (Å²) < 4.78 is 0. The van der Waals surface area contributed by atoms with E-state index in [-0.39, 0.29) is 5.91 Å². The van der Waals surface area contributed by atoms with Crippen molar-refractivity contribution in [3.05, 3.63) is 58.9 Å². The van der Waals surface area contributed by atoms with Crippen LogP contribution in [0.2, 0.25) is 5.02 Å². The molecule has 2 aromatic heterocycles. The van der Waals surface area contributed by atoms with Crippen LogP contribution in [0.15, 0.2) is 42.6 Å². The van der Waals surface area contributed by atoms with E-state index >= 15 is 0 Å². The first-order valence-corrected chi connectivity index (χ1v) is 9.08. The molecule has 0 spiro atoms. The second-order valence-electron chi connectivity index (χ2n) is 6.51. The Hall–Kier alpha value is -2.66. The van der Waals surface area contributed by atoms with E-state index in [1.807, 2.05) is 48.2 Å². The van der Waals surface area contributed by atoms with Crippen molar-refractivity contribution >= 4 is 39.9 Å². The van der Waals surface area contributed by atoms with Gasteiger partial charge in [0.05, 0.1) is 11.3 Å². The highest BCUT2D eigenvalue weighted by Gasteiger charge is 2.24. The fourth-order valence-electron chi connectivity index (χ4n) is 3.27. The molecule has 0 radical (unpaired) electrons. The molecule has 0 atom stereocenters. The number of aryl methyl sites for hydroxylation is 1. The number of aromatic nitrogens is 2. The molecule has 3 heterocycles. The van der Waals surface area contributed by atoms with Gasteiger partial charge >= 0.3 is 0 Å². The SMILES string of the molecule is Cc1ccc2c(Nc3cccc(Cl)c3)c(C(=O)N3CCCC3)cnc2n1. The van der Waals surface area contributed by atoms with E-state index < -0.39 is 0 Å². The van der Waals surface area contributed by atoms with E-state index in [4.69, 9.17) is 11.6 Å². The first-order valence-electron chi connectivity index (χ1n) is 8.70. The Morgan fingerprint density at radius 3 is 2.77 bits per heavy atom. The van der Waals surface area contributed by atoms with Gasteiger partial charge in [0.25, 0.3) is 5.91 Å². The number of hydrogen-bond acceptors (Lipinski definition) is 4. The van der Waals surface area contributed by atoms with Crippen molar-refractivity contribution in [2.24, 2.45) is 0 Å². The number of pyridine rings is 2. The lowest BCUT2D eigenvalue weighted by Crippen LogP contribution is -2.28. The van der Waals surface area contributed by atoms with Crippen LogP contribution in [0.4, 0.5) is 11.4 Å². The summed E-state index contributed by atoms with van der Waals surface area (Å²) in [6, 6.07) is 11.3. The van der Waals surface area contributed by atoms with Gasteiger partial charge in [-0.05, 0) is 50.1 Å². The van der Waals surface area contributed by atoms with Crippen molar-refractivity contribution < 1.29 is 4.79 Å². The highest BCUT2D eigenvalue weighted by Crippen LogP contribution is 2.31. The summed E-state index contributed by atoms with van der Waals surface area (Å²) in [5.41, 5.74) is 3.61. The van der Waals surface area contributed by atoms with Gasteiger partial charge in [-0.3, -0.25) is 4.79 Å². The smallest absolute Gasteiger partial charge is 0.257 e. The van der Waals surface area contributed by atoms with E-state index in [1.165, 1.54) is 0 Å². The molecule has 5 nitrogen and oxygen atoms in total. The molecule has 0 bridgehead atoms. The molecule has 6 heteroatoms. The molecule has 1 aliphatic heterocycles. The predicted molar refractivity (Wildman–Crippen MR) is 104 cm³/mol. The molecule has 1 N–H and O–H groups in total. The molecular formula is C20H19ClN4O. The fourth-order valence-corrected chi connectivity index (χ4v) is 3.46. The van der Waals surface area contributed by atoms with Gasteiger partial charge in [0, 0.05) is 41.1 Å². The molecule has 3 aromatic rings. The molecule has 1 amide bonds. The second kappa shape index (κ2) is 6.92. The maximum Gasteiger partial charge on any atom is 0.257 e. The molecule has 1 fully saturated rings. The third-order valence-corrected chi connectivity index (χ3v) is 4.82. The molecule has 0 saturated carbocycles. The molecule has 1 aliphatic rings. The van der Waals surface area contributed by atoms with Crippen LogP contribution in [-0.4, -0.2) is 33.9 Å². The second-order valence-corrected chi connectivity index (χ2v) is 6.94. The number of benzene rings is 1. The van der Waals surface area contributed by atoms with Gasteiger partial charge in [0.2, 0.25) is 0 Å². The Morgan fingerprint density at radius 1 is 1.19 bits per heavy atom. The summed E-state index contributed by atoms with van der Waals surface area (Å²) >= 11 is 6.12. The van der Waals surface area contributed by atoms with Crippen LogP contribution in [0.5, 0.6) is 0 Å². The lowest BCUT2D eigenvalue weighted by atomic mass is 10.1. The fraction of sp³-hybridized carbons (Fsp3) is 0.250. The average molecular weight is 367 g/mol. The number of carbonyl (C=O) groups excluding carboxylic acids is 1. The molecular weight excluding hydrogens is 348 g/mol. The van der Waals surface area contributed by atoms with Crippen LogP contribution in [-0.2, 0) is 0 Å². The van der Waals surface area contributed by atoms with E-state index in [1.54, 1.807) is 6.20 Å². The van der Waals surface area contributed by atoms with Gasteiger partial charge in [0.1, 0.15) is 0 Å². The summed E-state index contributed by atoms with van der Waals surface area (Å²) in [5, 5.41) is 4.82. The Morgan fingerprint density at radius 2 is 2.00 bits per heavy atom. The van der Waals surface area contributed by atoms with Gasteiger partial charge in [0.15, 0.2) is 5.65 Å². The largest absolute Gasteiger partial charge is 0.354 e. The quantitative estimate of drug-likeness (QED) is 0.737. The Bertz CT molecular complexity index is 983. The number of amides is 1. The number of halogens is 1. The normalized spacial score (nSPS) is 14.0. The van der Waals surface area contributed by atoms with Crippen LogP contribution in [0.25, 0.3) is 11.0 Å². The van der Waals surface area contributed by atoms with E-state index in [2.05, 4.69) is 15.3 Å². The van der Waals surface area contributed by atoms with Gasteiger partial charge in [-0.1, -0.05) is 17.7 Å². The molecule has 132 valence electrons. The molecule has 0 aliphatic carbocycles. The number of nitrogens with zero attached hydrogens (tertiary/aromatic N) is 3. The van der Waals surface area contributed by atoms with Gasteiger partial charge in [-0.2, -0.15) is 0 Å². The number of likely N-dealkylation sites (tertiary alicyclic amines) is 1.